The second-order valence-corrected chi connectivity index (χ2v) is 6.68. The third-order valence-corrected chi connectivity index (χ3v) is 3.80. The molecule has 0 unspecified atom stereocenters. The maximum absolute atomic E-state index is 9.04. The summed E-state index contributed by atoms with van der Waals surface area (Å²) in [6.07, 6.45) is 0. The van der Waals surface area contributed by atoms with Gasteiger partial charge in [0.15, 0.2) is 0 Å². The highest BCUT2D eigenvalue weighted by Gasteiger charge is 2.25. The predicted molar refractivity (Wildman–Crippen MR) is 81.4 cm³/mol. The molecule has 0 aliphatic rings. The van der Waals surface area contributed by atoms with Gasteiger partial charge >= 0.3 is 0 Å². The van der Waals surface area contributed by atoms with Crippen LogP contribution in [0.1, 0.15) is 33.3 Å². The van der Waals surface area contributed by atoms with E-state index >= 15 is 0 Å². The fourth-order valence-electron chi connectivity index (χ4n) is 1.67. The molecular formula is C15H21BrN2O. The van der Waals surface area contributed by atoms with Gasteiger partial charge < -0.3 is 4.74 Å². The van der Waals surface area contributed by atoms with Crippen LogP contribution < -0.4 is 10.1 Å². The van der Waals surface area contributed by atoms with Gasteiger partial charge in [-0.1, -0.05) is 19.9 Å². The zero-order valence-corrected chi connectivity index (χ0v) is 13.8. The van der Waals surface area contributed by atoms with Crippen molar-refractivity contribution in [3.05, 3.63) is 28.2 Å². The minimum absolute atomic E-state index is 0.0666. The third kappa shape index (κ3) is 4.22. The standard InChI is InChI=1S/C15H21BrN2O/c1-14(2,10-18-15(3,4)9-17)11-6-7-13(19-5)12(16)8-11/h6-8,18H,10H2,1-5H3. The van der Waals surface area contributed by atoms with Gasteiger partial charge in [-0.25, -0.2) is 0 Å². The Bertz CT molecular complexity index is 489. The summed E-state index contributed by atoms with van der Waals surface area (Å²) < 4.78 is 6.18. The van der Waals surface area contributed by atoms with Crippen molar-refractivity contribution in [3.63, 3.8) is 0 Å². The van der Waals surface area contributed by atoms with Crippen LogP contribution in [-0.4, -0.2) is 19.2 Å². The van der Waals surface area contributed by atoms with Crippen LogP contribution in [0.25, 0.3) is 0 Å². The van der Waals surface area contributed by atoms with Gasteiger partial charge in [0.05, 0.1) is 17.7 Å². The second-order valence-electron chi connectivity index (χ2n) is 5.82. The Morgan fingerprint density at radius 3 is 2.42 bits per heavy atom. The lowest BCUT2D eigenvalue weighted by Gasteiger charge is -2.30. The number of nitrogens with zero attached hydrogens (tertiary/aromatic N) is 1. The van der Waals surface area contributed by atoms with Crippen molar-refractivity contribution in [1.82, 2.24) is 5.32 Å². The lowest BCUT2D eigenvalue weighted by molar-refractivity contribution is 0.394. The number of benzene rings is 1. The monoisotopic (exact) mass is 324 g/mol. The molecule has 0 saturated heterocycles. The summed E-state index contributed by atoms with van der Waals surface area (Å²) in [5.74, 6) is 0.824. The molecule has 0 atom stereocenters. The van der Waals surface area contributed by atoms with E-state index in [0.717, 1.165) is 16.8 Å². The Hall–Kier alpha value is -1.05. The summed E-state index contributed by atoms with van der Waals surface area (Å²) in [5.41, 5.74) is 0.616. The molecule has 0 aliphatic carbocycles. The zero-order chi connectivity index (χ0) is 14.7. The minimum atomic E-state index is -0.513. The second kappa shape index (κ2) is 5.94. The summed E-state index contributed by atoms with van der Waals surface area (Å²) in [6.45, 7) is 8.80. The first-order valence-corrected chi connectivity index (χ1v) is 7.01. The van der Waals surface area contributed by atoms with Crippen molar-refractivity contribution in [2.24, 2.45) is 0 Å². The fourth-order valence-corrected chi connectivity index (χ4v) is 2.21. The molecule has 4 heteroatoms. The van der Waals surface area contributed by atoms with E-state index in [1.807, 2.05) is 19.9 Å². The summed E-state index contributed by atoms with van der Waals surface area (Å²) >= 11 is 3.51. The molecule has 0 spiro atoms. The van der Waals surface area contributed by atoms with Crippen molar-refractivity contribution in [3.8, 4) is 11.8 Å². The van der Waals surface area contributed by atoms with Gasteiger partial charge in [-0.15, -0.1) is 0 Å². The topological polar surface area (TPSA) is 45.0 Å². The number of hydrogen-bond donors (Lipinski definition) is 1. The highest BCUT2D eigenvalue weighted by atomic mass is 79.9. The van der Waals surface area contributed by atoms with Gasteiger partial charge in [0.1, 0.15) is 11.3 Å². The van der Waals surface area contributed by atoms with E-state index < -0.39 is 5.54 Å². The molecule has 104 valence electrons. The van der Waals surface area contributed by atoms with E-state index in [1.54, 1.807) is 7.11 Å². The SMILES string of the molecule is COc1ccc(C(C)(C)CNC(C)(C)C#N)cc1Br. The maximum atomic E-state index is 9.04. The largest absolute Gasteiger partial charge is 0.496 e. The average Bonchev–Trinajstić information content (AvgIpc) is 2.36. The Balaban J connectivity index is 2.89. The van der Waals surface area contributed by atoms with Crippen molar-refractivity contribution < 1.29 is 4.74 Å². The van der Waals surface area contributed by atoms with E-state index in [0.29, 0.717) is 0 Å². The molecule has 0 radical (unpaired) electrons. The first-order valence-electron chi connectivity index (χ1n) is 6.22. The third-order valence-electron chi connectivity index (χ3n) is 3.19. The summed E-state index contributed by atoms with van der Waals surface area (Å²) in [7, 11) is 1.65. The van der Waals surface area contributed by atoms with Crippen molar-refractivity contribution in [2.45, 2.75) is 38.6 Å². The van der Waals surface area contributed by atoms with Crippen LogP contribution in [0.2, 0.25) is 0 Å². The molecule has 1 aromatic carbocycles. The maximum Gasteiger partial charge on any atom is 0.133 e. The molecule has 0 aromatic heterocycles. The highest BCUT2D eigenvalue weighted by Crippen LogP contribution is 2.31. The molecular weight excluding hydrogens is 304 g/mol. The summed E-state index contributed by atoms with van der Waals surface area (Å²) in [5, 5.41) is 12.3. The van der Waals surface area contributed by atoms with Crippen LogP contribution in [0, 0.1) is 11.3 Å². The number of halogens is 1. The van der Waals surface area contributed by atoms with Gasteiger partial charge in [-0.2, -0.15) is 5.26 Å². The Morgan fingerprint density at radius 1 is 1.32 bits per heavy atom. The van der Waals surface area contributed by atoms with Crippen LogP contribution >= 0.6 is 15.9 Å². The first kappa shape index (κ1) is 16.0. The van der Waals surface area contributed by atoms with Crippen molar-refractivity contribution >= 4 is 15.9 Å². The quantitative estimate of drug-likeness (QED) is 0.899. The first-order chi connectivity index (χ1) is 8.72. The Labute approximate surface area is 124 Å². The molecule has 0 amide bonds. The Kier molecular flexibility index (Phi) is 5.00. The van der Waals surface area contributed by atoms with Gasteiger partial charge in [-0.05, 0) is 47.5 Å². The molecule has 1 N–H and O–H groups in total. The van der Waals surface area contributed by atoms with Crippen molar-refractivity contribution in [1.29, 1.82) is 5.26 Å². The molecule has 0 bridgehead atoms. The summed E-state index contributed by atoms with van der Waals surface area (Å²) in [6, 6.07) is 8.34. The van der Waals surface area contributed by atoms with Crippen LogP contribution in [0.5, 0.6) is 5.75 Å². The van der Waals surface area contributed by atoms with E-state index in [2.05, 4.69) is 53.3 Å². The Morgan fingerprint density at radius 2 is 1.95 bits per heavy atom. The van der Waals surface area contributed by atoms with Gasteiger partial charge in [0, 0.05) is 12.0 Å². The molecule has 0 fully saturated rings. The number of nitrogens with one attached hydrogen (secondary N) is 1. The van der Waals surface area contributed by atoms with Gasteiger partial charge in [0.2, 0.25) is 0 Å². The molecule has 3 nitrogen and oxygen atoms in total. The zero-order valence-electron chi connectivity index (χ0n) is 12.2. The minimum Gasteiger partial charge on any atom is -0.496 e. The number of nitriles is 1. The van der Waals surface area contributed by atoms with Crippen LogP contribution in [-0.2, 0) is 5.41 Å². The predicted octanol–water partition coefficient (Wildman–Crippen LogP) is 3.63. The number of ether oxygens (including phenoxy) is 1. The van der Waals surface area contributed by atoms with Gasteiger partial charge in [-0.3, -0.25) is 5.32 Å². The summed E-state index contributed by atoms with van der Waals surface area (Å²) in [4.78, 5) is 0. The lowest BCUT2D eigenvalue weighted by Crippen LogP contribution is -2.44. The van der Waals surface area contributed by atoms with E-state index in [-0.39, 0.29) is 5.41 Å². The number of hydrogen-bond acceptors (Lipinski definition) is 3. The van der Waals surface area contributed by atoms with Crippen LogP contribution in [0.4, 0.5) is 0 Å². The number of rotatable bonds is 5. The smallest absolute Gasteiger partial charge is 0.133 e. The lowest BCUT2D eigenvalue weighted by atomic mass is 9.84. The molecule has 0 heterocycles. The van der Waals surface area contributed by atoms with E-state index in [1.165, 1.54) is 5.56 Å². The molecule has 0 saturated carbocycles. The molecule has 19 heavy (non-hydrogen) atoms. The van der Waals surface area contributed by atoms with E-state index in [4.69, 9.17) is 10.00 Å². The fraction of sp³-hybridized carbons (Fsp3) is 0.533. The van der Waals surface area contributed by atoms with Gasteiger partial charge in [0.25, 0.3) is 0 Å². The molecule has 1 aromatic rings. The van der Waals surface area contributed by atoms with Crippen LogP contribution in [0.3, 0.4) is 0 Å². The average molecular weight is 325 g/mol. The highest BCUT2D eigenvalue weighted by molar-refractivity contribution is 9.10. The van der Waals surface area contributed by atoms with E-state index in [9.17, 15) is 0 Å². The number of methoxy groups -OCH3 is 1. The normalized spacial score (nSPS) is 12.1. The van der Waals surface area contributed by atoms with Crippen molar-refractivity contribution in [2.75, 3.05) is 13.7 Å². The molecule has 0 aliphatic heterocycles. The van der Waals surface area contributed by atoms with Crippen LogP contribution in [0.15, 0.2) is 22.7 Å². The molecule has 1 rings (SSSR count).